The third-order valence-electron chi connectivity index (χ3n) is 3.13. The fraction of sp³-hybridized carbons (Fsp3) is 0.308. The van der Waals surface area contributed by atoms with Crippen LogP contribution in [0.2, 0.25) is 0 Å². The van der Waals surface area contributed by atoms with Crippen molar-refractivity contribution in [2.24, 2.45) is 4.99 Å². The highest BCUT2D eigenvalue weighted by Crippen LogP contribution is 2.24. The molecule has 0 aromatic heterocycles. The number of aliphatic imine (C=N–C) groups is 1. The molecule has 0 aromatic rings. The minimum Gasteiger partial charge on any atom is -0.347 e. The van der Waals surface area contributed by atoms with Crippen molar-refractivity contribution in [2.75, 3.05) is 0 Å². The summed E-state index contributed by atoms with van der Waals surface area (Å²) in [5.74, 6) is 0. The van der Waals surface area contributed by atoms with Crippen LogP contribution in [0.4, 0.5) is 0 Å². The quantitative estimate of drug-likeness (QED) is 0.630. The fourth-order valence-electron chi connectivity index (χ4n) is 2.32. The van der Waals surface area contributed by atoms with Gasteiger partial charge in [-0.25, -0.2) is 0 Å². The Labute approximate surface area is 90.0 Å². The summed E-state index contributed by atoms with van der Waals surface area (Å²) >= 11 is 0. The maximum Gasteiger partial charge on any atom is 0.0940 e. The summed E-state index contributed by atoms with van der Waals surface area (Å²) in [6.07, 6.45) is 20.4. The zero-order valence-corrected chi connectivity index (χ0v) is 8.53. The SMILES string of the molecule is C1=CCC(N2C=NC3C=CC=CC32)C=C1. The molecule has 1 aliphatic heterocycles. The van der Waals surface area contributed by atoms with Crippen LogP contribution in [0.1, 0.15) is 6.42 Å². The smallest absolute Gasteiger partial charge is 0.0940 e. The predicted molar refractivity (Wildman–Crippen MR) is 62.9 cm³/mol. The van der Waals surface area contributed by atoms with Gasteiger partial charge in [-0.15, -0.1) is 0 Å². The van der Waals surface area contributed by atoms with Gasteiger partial charge in [0.05, 0.1) is 24.5 Å². The van der Waals surface area contributed by atoms with Crippen molar-refractivity contribution < 1.29 is 0 Å². The lowest BCUT2D eigenvalue weighted by atomic mass is 10.00. The Morgan fingerprint density at radius 1 is 1.00 bits per heavy atom. The molecule has 3 unspecified atom stereocenters. The van der Waals surface area contributed by atoms with Crippen molar-refractivity contribution in [3.8, 4) is 0 Å². The number of nitrogens with zero attached hydrogens (tertiary/aromatic N) is 2. The van der Waals surface area contributed by atoms with Crippen LogP contribution in [0, 0.1) is 0 Å². The van der Waals surface area contributed by atoms with E-state index in [1.54, 1.807) is 0 Å². The van der Waals surface area contributed by atoms with Crippen LogP contribution in [0.5, 0.6) is 0 Å². The summed E-state index contributed by atoms with van der Waals surface area (Å²) in [6.45, 7) is 0. The molecule has 15 heavy (non-hydrogen) atoms. The molecular formula is C13H14N2. The van der Waals surface area contributed by atoms with Crippen LogP contribution in [0.3, 0.4) is 0 Å². The molecule has 3 aliphatic rings. The van der Waals surface area contributed by atoms with Gasteiger partial charge in [0, 0.05) is 0 Å². The standard InChI is InChI=1S/C13H14N2/c1-2-6-11(7-3-1)15-10-14-12-8-4-5-9-13(12)15/h1-6,8-13H,7H2. The van der Waals surface area contributed by atoms with Crippen LogP contribution in [-0.4, -0.2) is 29.4 Å². The molecule has 3 rings (SSSR count). The van der Waals surface area contributed by atoms with Gasteiger partial charge in [-0.05, 0) is 6.42 Å². The largest absolute Gasteiger partial charge is 0.347 e. The minimum atomic E-state index is 0.328. The highest BCUT2D eigenvalue weighted by atomic mass is 15.3. The van der Waals surface area contributed by atoms with E-state index in [1.807, 2.05) is 6.34 Å². The van der Waals surface area contributed by atoms with Crippen molar-refractivity contribution in [2.45, 2.75) is 24.5 Å². The molecule has 0 spiro atoms. The monoisotopic (exact) mass is 198 g/mol. The number of fused-ring (bicyclic) bond motifs is 1. The Morgan fingerprint density at radius 3 is 2.73 bits per heavy atom. The molecule has 0 bridgehead atoms. The number of hydrogen-bond donors (Lipinski definition) is 0. The molecule has 76 valence electrons. The van der Waals surface area contributed by atoms with E-state index in [4.69, 9.17) is 0 Å². The zero-order chi connectivity index (χ0) is 10.1. The second kappa shape index (κ2) is 3.54. The Balaban J connectivity index is 1.80. The summed E-state index contributed by atoms with van der Waals surface area (Å²) in [4.78, 5) is 6.87. The molecule has 2 nitrogen and oxygen atoms in total. The van der Waals surface area contributed by atoms with Crippen molar-refractivity contribution >= 4 is 6.34 Å². The highest BCUT2D eigenvalue weighted by molar-refractivity contribution is 5.62. The average molecular weight is 198 g/mol. The van der Waals surface area contributed by atoms with Gasteiger partial charge in [0.15, 0.2) is 0 Å². The average Bonchev–Trinajstić information content (AvgIpc) is 2.74. The van der Waals surface area contributed by atoms with Crippen LogP contribution >= 0.6 is 0 Å². The van der Waals surface area contributed by atoms with E-state index >= 15 is 0 Å². The lowest BCUT2D eigenvalue weighted by Gasteiger charge is -2.32. The van der Waals surface area contributed by atoms with Gasteiger partial charge < -0.3 is 4.90 Å². The first-order chi connectivity index (χ1) is 7.45. The van der Waals surface area contributed by atoms with Crippen LogP contribution in [-0.2, 0) is 0 Å². The van der Waals surface area contributed by atoms with Crippen LogP contribution in [0.15, 0.2) is 53.6 Å². The molecule has 0 radical (unpaired) electrons. The molecule has 0 aromatic carbocycles. The Hall–Kier alpha value is -1.57. The first-order valence-electron chi connectivity index (χ1n) is 5.44. The van der Waals surface area contributed by atoms with E-state index in [9.17, 15) is 0 Å². The zero-order valence-electron chi connectivity index (χ0n) is 8.53. The number of rotatable bonds is 1. The molecule has 0 fully saturated rings. The summed E-state index contributed by atoms with van der Waals surface area (Å²) in [5.41, 5.74) is 0. The van der Waals surface area contributed by atoms with E-state index in [1.165, 1.54) is 0 Å². The van der Waals surface area contributed by atoms with Crippen LogP contribution in [0.25, 0.3) is 0 Å². The topological polar surface area (TPSA) is 15.6 Å². The summed E-state index contributed by atoms with van der Waals surface area (Å²) in [7, 11) is 0. The van der Waals surface area contributed by atoms with Crippen molar-refractivity contribution in [1.82, 2.24) is 4.90 Å². The highest BCUT2D eigenvalue weighted by Gasteiger charge is 2.31. The molecule has 1 heterocycles. The molecule has 0 N–H and O–H groups in total. The molecule has 2 aliphatic carbocycles. The normalized spacial score (nSPS) is 36.3. The lowest BCUT2D eigenvalue weighted by molar-refractivity contribution is 0.325. The molecule has 3 atom stereocenters. The van der Waals surface area contributed by atoms with Gasteiger partial charge in [0.25, 0.3) is 0 Å². The van der Waals surface area contributed by atoms with Crippen LogP contribution < -0.4 is 0 Å². The second-order valence-corrected chi connectivity index (χ2v) is 4.08. The van der Waals surface area contributed by atoms with E-state index in [0.29, 0.717) is 18.1 Å². The van der Waals surface area contributed by atoms with Crippen molar-refractivity contribution in [3.63, 3.8) is 0 Å². The second-order valence-electron chi connectivity index (χ2n) is 4.08. The Kier molecular flexibility index (Phi) is 2.05. The maximum absolute atomic E-state index is 4.52. The summed E-state index contributed by atoms with van der Waals surface area (Å²) in [6, 6.07) is 1.23. The van der Waals surface area contributed by atoms with Gasteiger partial charge in [0.1, 0.15) is 0 Å². The van der Waals surface area contributed by atoms with Gasteiger partial charge in [-0.2, -0.15) is 0 Å². The van der Waals surface area contributed by atoms with E-state index in [0.717, 1.165) is 6.42 Å². The lowest BCUT2D eigenvalue weighted by Crippen LogP contribution is -2.41. The Bertz CT molecular complexity index is 387. The predicted octanol–water partition coefficient (Wildman–Crippen LogP) is 2.08. The van der Waals surface area contributed by atoms with Gasteiger partial charge >= 0.3 is 0 Å². The summed E-state index contributed by atoms with van der Waals surface area (Å²) in [5, 5.41) is 0. The van der Waals surface area contributed by atoms with Gasteiger partial charge in [0.2, 0.25) is 0 Å². The first kappa shape index (κ1) is 8.72. The molecule has 0 saturated carbocycles. The molecule has 2 heteroatoms. The molecule has 0 amide bonds. The van der Waals surface area contributed by atoms with E-state index in [-0.39, 0.29) is 0 Å². The van der Waals surface area contributed by atoms with Crippen molar-refractivity contribution in [1.29, 1.82) is 0 Å². The summed E-state index contributed by atoms with van der Waals surface area (Å²) < 4.78 is 0. The minimum absolute atomic E-state index is 0.328. The van der Waals surface area contributed by atoms with Crippen molar-refractivity contribution in [3.05, 3.63) is 48.6 Å². The fourth-order valence-corrected chi connectivity index (χ4v) is 2.32. The van der Waals surface area contributed by atoms with E-state index in [2.05, 4.69) is 58.5 Å². The first-order valence-corrected chi connectivity index (χ1v) is 5.44. The van der Waals surface area contributed by atoms with Gasteiger partial charge in [-0.3, -0.25) is 4.99 Å². The number of hydrogen-bond acceptors (Lipinski definition) is 2. The van der Waals surface area contributed by atoms with Gasteiger partial charge in [-0.1, -0.05) is 48.6 Å². The molecule has 0 saturated heterocycles. The number of allylic oxidation sites excluding steroid dienone is 4. The molecular weight excluding hydrogens is 184 g/mol. The third-order valence-corrected chi connectivity index (χ3v) is 3.13. The van der Waals surface area contributed by atoms with E-state index < -0.39 is 0 Å². The third kappa shape index (κ3) is 1.46. The Morgan fingerprint density at radius 2 is 1.87 bits per heavy atom. The maximum atomic E-state index is 4.52.